The van der Waals surface area contributed by atoms with Crippen LogP contribution in [0.3, 0.4) is 0 Å². The van der Waals surface area contributed by atoms with Gasteiger partial charge in [0.1, 0.15) is 12.6 Å². The van der Waals surface area contributed by atoms with Crippen LogP contribution in [0.1, 0.15) is 32.1 Å². The van der Waals surface area contributed by atoms with Gasteiger partial charge in [0.15, 0.2) is 0 Å². The van der Waals surface area contributed by atoms with Crippen molar-refractivity contribution in [2.24, 2.45) is 5.92 Å². The van der Waals surface area contributed by atoms with Crippen molar-refractivity contribution in [3.8, 4) is 0 Å². The molecule has 0 heterocycles. The maximum Gasteiger partial charge on any atom is 0.408 e. The van der Waals surface area contributed by atoms with Crippen LogP contribution in [0.25, 0.3) is 0 Å². The van der Waals surface area contributed by atoms with Crippen LogP contribution >= 0.6 is 0 Å². The van der Waals surface area contributed by atoms with Gasteiger partial charge in [-0.3, -0.25) is 0 Å². The number of carbonyl (C=O) groups excluding carboxylic acids is 1. The lowest BCUT2D eigenvalue weighted by Gasteiger charge is -2.27. The lowest BCUT2D eigenvalue weighted by atomic mass is 9.84. The topological polar surface area (TPSA) is 75.6 Å². The Balaban J connectivity index is 2.50. The van der Waals surface area contributed by atoms with Gasteiger partial charge >= 0.3 is 12.1 Å². The van der Waals surface area contributed by atoms with E-state index in [-0.39, 0.29) is 12.5 Å². The summed E-state index contributed by atoms with van der Waals surface area (Å²) >= 11 is 0. The molecular formula is C12H19NO4. The quantitative estimate of drug-likeness (QED) is 0.721. The Morgan fingerprint density at radius 3 is 2.59 bits per heavy atom. The molecule has 0 aromatic rings. The zero-order chi connectivity index (χ0) is 12.7. The predicted molar refractivity (Wildman–Crippen MR) is 62.7 cm³/mol. The fraction of sp³-hybridized carbons (Fsp3) is 0.667. The summed E-state index contributed by atoms with van der Waals surface area (Å²) in [6.45, 7) is 3.50. The van der Waals surface area contributed by atoms with Gasteiger partial charge in [-0.2, -0.15) is 0 Å². The largest absolute Gasteiger partial charge is 0.480 e. The Kier molecular flexibility index (Phi) is 5.52. The minimum atomic E-state index is -0.993. The first kappa shape index (κ1) is 13.5. The number of aliphatic carboxylic acids is 1. The number of nitrogens with one attached hydrogen (secondary N) is 1. The molecule has 1 rings (SSSR count). The van der Waals surface area contributed by atoms with Gasteiger partial charge in [0.05, 0.1) is 0 Å². The normalized spacial score (nSPS) is 18.1. The summed E-state index contributed by atoms with van der Waals surface area (Å²) in [6, 6.07) is -0.840. The standard InChI is InChI=1S/C12H19NO4/c1-2-8-17-12(16)13-10(11(14)15)9-6-4-3-5-7-9/h2,9-10H,1,3-8H2,(H,13,16)(H,14,15). The van der Waals surface area contributed by atoms with E-state index in [9.17, 15) is 9.59 Å². The van der Waals surface area contributed by atoms with Crippen molar-refractivity contribution in [3.05, 3.63) is 12.7 Å². The monoisotopic (exact) mass is 241 g/mol. The van der Waals surface area contributed by atoms with Crippen molar-refractivity contribution in [2.45, 2.75) is 38.1 Å². The van der Waals surface area contributed by atoms with Crippen LogP contribution in [0.5, 0.6) is 0 Å². The molecule has 0 spiro atoms. The third-order valence-electron chi connectivity index (χ3n) is 2.99. The molecule has 1 fully saturated rings. The first-order valence-electron chi connectivity index (χ1n) is 5.92. The third kappa shape index (κ3) is 4.46. The van der Waals surface area contributed by atoms with Crippen molar-refractivity contribution >= 4 is 12.1 Å². The number of carboxylic acid groups (broad SMARTS) is 1. The molecule has 0 aliphatic heterocycles. The van der Waals surface area contributed by atoms with E-state index in [0.29, 0.717) is 0 Å². The molecule has 17 heavy (non-hydrogen) atoms. The molecule has 1 aliphatic rings. The van der Waals surface area contributed by atoms with Crippen molar-refractivity contribution in [3.63, 3.8) is 0 Å². The molecule has 0 radical (unpaired) electrons. The number of ether oxygens (including phenoxy) is 1. The van der Waals surface area contributed by atoms with Crippen molar-refractivity contribution in [1.29, 1.82) is 0 Å². The van der Waals surface area contributed by atoms with Crippen molar-refractivity contribution in [1.82, 2.24) is 5.32 Å². The molecule has 2 N–H and O–H groups in total. The maximum absolute atomic E-state index is 11.3. The van der Waals surface area contributed by atoms with Crippen LogP contribution in [0.15, 0.2) is 12.7 Å². The summed E-state index contributed by atoms with van der Waals surface area (Å²) in [6.07, 6.45) is 5.63. The number of hydrogen-bond donors (Lipinski definition) is 2. The minimum Gasteiger partial charge on any atom is -0.480 e. The Labute approximate surface area is 101 Å². The predicted octanol–water partition coefficient (Wildman–Crippen LogP) is 1.93. The molecule has 1 saturated carbocycles. The first-order valence-corrected chi connectivity index (χ1v) is 5.92. The molecule has 1 unspecified atom stereocenters. The number of hydrogen-bond acceptors (Lipinski definition) is 3. The third-order valence-corrected chi connectivity index (χ3v) is 2.99. The SMILES string of the molecule is C=CCOC(=O)NC(C(=O)O)C1CCCCC1. The van der Waals surface area contributed by atoms with Gasteiger partial charge in [0.2, 0.25) is 0 Å². The van der Waals surface area contributed by atoms with Gasteiger partial charge in [0.25, 0.3) is 0 Å². The van der Waals surface area contributed by atoms with Crippen molar-refractivity contribution < 1.29 is 19.4 Å². The van der Waals surface area contributed by atoms with Crippen LogP contribution < -0.4 is 5.32 Å². The van der Waals surface area contributed by atoms with Gasteiger partial charge in [-0.05, 0) is 18.8 Å². The summed E-state index contributed by atoms with van der Waals surface area (Å²) in [5.41, 5.74) is 0. The molecule has 0 aromatic heterocycles. The Morgan fingerprint density at radius 2 is 2.06 bits per heavy atom. The van der Waals surface area contributed by atoms with Gasteiger partial charge < -0.3 is 15.2 Å². The van der Waals surface area contributed by atoms with Gasteiger partial charge in [-0.1, -0.05) is 31.9 Å². The number of carboxylic acids is 1. The highest BCUT2D eigenvalue weighted by Crippen LogP contribution is 2.26. The molecular weight excluding hydrogens is 222 g/mol. The van der Waals surface area contributed by atoms with E-state index in [4.69, 9.17) is 9.84 Å². The van der Waals surface area contributed by atoms with Crippen LogP contribution in [0.2, 0.25) is 0 Å². The zero-order valence-corrected chi connectivity index (χ0v) is 9.85. The van der Waals surface area contributed by atoms with E-state index in [2.05, 4.69) is 11.9 Å². The molecule has 0 aromatic carbocycles. The first-order chi connectivity index (χ1) is 8.15. The van der Waals surface area contributed by atoms with Gasteiger partial charge in [0, 0.05) is 0 Å². The fourth-order valence-corrected chi connectivity index (χ4v) is 2.15. The highest BCUT2D eigenvalue weighted by atomic mass is 16.5. The Morgan fingerprint density at radius 1 is 1.41 bits per heavy atom. The number of amides is 1. The molecule has 5 heteroatoms. The van der Waals surface area contributed by atoms with Gasteiger partial charge in [-0.25, -0.2) is 9.59 Å². The molecule has 0 saturated heterocycles. The summed E-state index contributed by atoms with van der Waals surface area (Å²) in [5.74, 6) is -0.981. The summed E-state index contributed by atoms with van der Waals surface area (Å²) < 4.78 is 4.73. The van der Waals surface area contributed by atoms with E-state index >= 15 is 0 Å². The van der Waals surface area contributed by atoms with Crippen LogP contribution in [0.4, 0.5) is 4.79 Å². The molecule has 5 nitrogen and oxygen atoms in total. The highest BCUT2D eigenvalue weighted by molar-refractivity contribution is 5.80. The lowest BCUT2D eigenvalue weighted by Crippen LogP contribution is -2.46. The maximum atomic E-state index is 11.3. The molecule has 1 aliphatic carbocycles. The second-order valence-electron chi connectivity index (χ2n) is 4.25. The zero-order valence-electron chi connectivity index (χ0n) is 9.85. The van der Waals surface area contributed by atoms with Crippen LogP contribution in [0, 0.1) is 5.92 Å². The van der Waals surface area contributed by atoms with E-state index in [1.165, 1.54) is 6.08 Å². The van der Waals surface area contributed by atoms with E-state index in [1.54, 1.807) is 0 Å². The van der Waals surface area contributed by atoms with E-state index in [0.717, 1.165) is 32.1 Å². The number of carbonyl (C=O) groups is 2. The van der Waals surface area contributed by atoms with E-state index < -0.39 is 18.1 Å². The number of rotatable bonds is 5. The molecule has 0 bridgehead atoms. The molecule has 96 valence electrons. The fourth-order valence-electron chi connectivity index (χ4n) is 2.15. The summed E-state index contributed by atoms with van der Waals surface area (Å²) in [4.78, 5) is 22.4. The average molecular weight is 241 g/mol. The minimum absolute atomic E-state index is 0.0116. The second-order valence-corrected chi connectivity index (χ2v) is 4.25. The van der Waals surface area contributed by atoms with Gasteiger partial charge in [-0.15, -0.1) is 0 Å². The van der Waals surface area contributed by atoms with Crippen molar-refractivity contribution in [2.75, 3.05) is 6.61 Å². The molecule has 1 atom stereocenters. The average Bonchev–Trinajstić information content (AvgIpc) is 2.34. The second kappa shape index (κ2) is 6.93. The Bertz CT molecular complexity index is 284. The van der Waals surface area contributed by atoms with Crippen LogP contribution in [-0.2, 0) is 9.53 Å². The highest BCUT2D eigenvalue weighted by Gasteiger charge is 2.30. The van der Waals surface area contributed by atoms with E-state index in [1.807, 2.05) is 0 Å². The molecule has 1 amide bonds. The summed E-state index contributed by atoms with van der Waals surface area (Å²) in [5, 5.41) is 11.5. The Hall–Kier alpha value is -1.52. The summed E-state index contributed by atoms with van der Waals surface area (Å²) in [7, 11) is 0. The number of alkyl carbamates (subject to hydrolysis) is 1. The smallest absolute Gasteiger partial charge is 0.408 e. The van der Waals surface area contributed by atoms with Crippen LogP contribution in [-0.4, -0.2) is 29.8 Å². The lowest BCUT2D eigenvalue weighted by molar-refractivity contribution is -0.141.